The average molecular weight is 725 g/mol. The second kappa shape index (κ2) is 16.4. The Labute approximate surface area is 328 Å². The van der Waals surface area contributed by atoms with Gasteiger partial charge in [0.25, 0.3) is 0 Å². The maximum Gasteiger partial charge on any atom is 2.00 e. The molecule has 5 heterocycles. The smallest absolute Gasteiger partial charge is 0.664 e. The van der Waals surface area contributed by atoms with Crippen molar-refractivity contribution in [1.29, 1.82) is 0 Å². The molecule has 53 heavy (non-hydrogen) atoms. The van der Waals surface area contributed by atoms with Crippen LogP contribution in [0.4, 0.5) is 0 Å². The van der Waals surface area contributed by atoms with Crippen LogP contribution < -0.4 is 25.7 Å². The molecule has 274 valence electrons. The number of nitrogens with zero attached hydrogens (tertiary/aromatic N) is 4. The number of methoxy groups -OCH3 is 1. The van der Waals surface area contributed by atoms with E-state index >= 15 is 0 Å². The largest absolute Gasteiger partial charge is 2.00 e. The van der Waals surface area contributed by atoms with E-state index in [0.29, 0.717) is 40.2 Å². The number of Topliss-reactive ketones (excluding diaryl/α,β-unsaturated/α-hetero) is 1. The van der Waals surface area contributed by atoms with Gasteiger partial charge in [0.1, 0.15) is 12.5 Å². The first kappa shape index (κ1) is 39.9. The first-order valence-corrected chi connectivity index (χ1v) is 18.4. The maximum atomic E-state index is 14.2. The van der Waals surface area contributed by atoms with Crippen molar-refractivity contribution in [2.75, 3.05) is 13.7 Å². The van der Waals surface area contributed by atoms with E-state index < -0.39 is 11.9 Å². The van der Waals surface area contributed by atoms with Crippen LogP contribution in [0.1, 0.15) is 121 Å². The van der Waals surface area contributed by atoms with Crippen LogP contribution in [0.25, 0.3) is 35.2 Å². The minimum absolute atomic E-state index is 0. The van der Waals surface area contributed by atoms with E-state index in [4.69, 9.17) is 29.7 Å². The zero-order valence-corrected chi connectivity index (χ0v) is 33.7. The normalized spacial score (nSPS) is 22.5. The Bertz CT molecular complexity index is 2190. The van der Waals surface area contributed by atoms with Crippen molar-refractivity contribution in [2.24, 2.45) is 17.8 Å². The number of ketones is 1. The molecule has 8 bridgehead atoms. The first-order valence-electron chi connectivity index (χ1n) is 18.4. The number of esters is 2. The van der Waals surface area contributed by atoms with Crippen LogP contribution in [0.5, 0.6) is 0 Å². The van der Waals surface area contributed by atoms with Crippen molar-refractivity contribution in [1.82, 2.24) is 15.0 Å². The minimum Gasteiger partial charge on any atom is -0.664 e. The van der Waals surface area contributed by atoms with E-state index in [-0.39, 0.29) is 59.7 Å². The molecule has 0 amide bonds. The first-order chi connectivity index (χ1) is 24.9. The minimum atomic E-state index is -1.21. The molecule has 0 radical (unpaired) electrons. The summed E-state index contributed by atoms with van der Waals surface area (Å²) in [6, 6.07) is 0. The molecule has 0 saturated carbocycles. The number of hydrogen-bond donors (Lipinski definition) is 0. The number of carbonyl (C=O) groups excluding carboxylic acids is 3. The van der Waals surface area contributed by atoms with Crippen LogP contribution in [0, 0.1) is 38.5 Å². The van der Waals surface area contributed by atoms with Gasteiger partial charge in [-0.05, 0) is 76.9 Å². The van der Waals surface area contributed by atoms with Gasteiger partial charge >= 0.3 is 35.0 Å². The van der Waals surface area contributed by atoms with Crippen LogP contribution in [-0.2, 0) is 25.5 Å². The summed E-state index contributed by atoms with van der Waals surface area (Å²) in [5.41, 5.74) is 10.6. The number of aromatic nitrogens is 3. The van der Waals surface area contributed by atoms with Crippen LogP contribution in [0.15, 0.2) is 29.6 Å². The van der Waals surface area contributed by atoms with Crippen LogP contribution in [0.2, 0.25) is 0 Å². The van der Waals surface area contributed by atoms with Crippen molar-refractivity contribution in [2.45, 2.75) is 87.0 Å². The van der Waals surface area contributed by atoms with Gasteiger partial charge in [0, 0.05) is 12.0 Å². The Morgan fingerprint density at radius 2 is 1.66 bits per heavy atom. The Balaban J connectivity index is 0.00000541. The predicted molar refractivity (Wildman–Crippen MR) is 209 cm³/mol. The molecule has 3 atom stereocenters. The van der Waals surface area contributed by atoms with Gasteiger partial charge in [-0.15, -0.1) is 33.5 Å². The fourth-order valence-electron chi connectivity index (χ4n) is 7.83. The molecular formula is C43H48MgN4O5-2. The molecule has 0 aromatic carbocycles. The zero-order chi connectivity index (χ0) is 37.4. The van der Waals surface area contributed by atoms with Crippen molar-refractivity contribution >= 4 is 70.7 Å². The third-order valence-electron chi connectivity index (χ3n) is 11.0. The molecular weight excluding hydrogens is 677 g/mol. The molecule has 0 spiro atoms. The number of ether oxygens (including phenoxy) is 2. The van der Waals surface area contributed by atoms with Gasteiger partial charge in [0.2, 0.25) is 0 Å². The molecule has 9 nitrogen and oxygen atoms in total. The molecule has 1 aliphatic carbocycles. The standard InChI is InChI=1S/C43H49N4O5.Mg/c1-10-13-14-22(4)17-18-52-36(48)16-15-29-25(7)32-19-30-23(5)27(11-2)34(44-30)20-31-24(6)28(12-3)35(45-31)21-33-26(8)37-41(47-33)38(40(29)46-32)39(42(37)49)43(50)51-9;/h11,17,19-21,25,29,39H,2,10,12-16,18H2,1,3-9H3,(H-,46,47,49);/q-3;+2/p-1/b22-17-,31-20-,32-19-,35-21-;/t25-,29-,39+;/m0./s1. The van der Waals surface area contributed by atoms with Crippen molar-refractivity contribution in [3.8, 4) is 0 Å². The number of rotatable bonds is 11. The summed E-state index contributed by atoms with van der Waals surface area (Å²) in [5.74, 6) is -3.03. The molecule has 6 rings (SSSR count). The summed E-state index contributed by atoms with van der Waals surface area (Å²) in [6.45, 7) is 18.6. The summed E-state index contributed by atoms with van der Waals surface area (Å²) >= 11 is 0. The topological polar surface area (TPSA) is 126 Å². The number of fused-ring (bicyclic) bond motifs is 7. The number of unbranched alkanes of at least 4 members (excludes halogenated alkanes) is 1. The number of allylic oxidation sites excluding steroid dienone is 3. The summed E-state index contributed by atoms with van der Waals surface area (Å²) < 4.78 is 10.8. The van der Waals surface area contributed by atoms with Crippen molar-refractivity contribution < 1.29 is 23.9 Å². The summed E-state index contributed by atoms with van der Waals surface area (Å²) in [5, 5.41) is 6.78. The second-order valence-electron chi connectivity index (χ2n) is 14.2. The molecule has 3 aromatic heterocycles. The molecule has 2 aliphatic heterocycles. The van der Waals surface area contributed by atoms with Gasteiger partial charge in [-0.2, -0.15) is 11.4 Å². The molecule has 1 fully saturated rings. The van der Waals surface area contributed by atoms with E-state index in [1.165, 1.54) is 12.7 Å². The SMILES string of the molecule is C=Cc1c2[n-]c(c1C)/C=C1\[N-]/C(=C3\c4[n-]c(c(C)c4C(=O)[C@@H]3C(=O)OC)/C=c3\[n-]/c(c(C)c3CC)=C\2)[C@@H](CCC(=O)OC/C=C(/C)CCCC)[C@@H]1C.[Mg+2]. The predicted octanol–water partition coefficient (Wildman–Crippen LogP) is 6.12. The monoisotopic (exact) mass is 724 g/mol. The quantitative estimate of drug-likeness (QED) is 0.100. The van der Waals surface area contributed by atoms with Gasteiger partial charge < -0.3 is 29.7 Å². The zero-order valence-electron chi connectivity index (χ0n) is 32.3. The molecule has 0 N–H and O–H groups in total. The van der Waals surface area contributed by atoms with Gasteiger partial charge in [-0.1, -0.05) is 91.5 Å². The van der Waals surface area contributed by atoms with Gasteiger partial charge in [-0.25, -0.2) is 0 Å². The van der Waals surface area contributed by atoms with Gasteiger partial charge in [-0.3, -0.25) is 14.4 Å². The van der Waals surface area contributed by atoms with Gasteiger partial charge in [0.15, 0.2) is 5.78 Å². The van der Waals surface area contributed by atoms with E-state index in [1.54, 1.807) is 0 Å². The maximum absolute atomic E-state index is 14.2. The summed E-state index contributed by atoms with van der Waals surface area (Å²) in [7, 11) is 1.29. The molecule has 0 unspecified atom stereocenters. The third-order valence-corrected chi connectivity index (χ3v) is 11.0. The van der Waals surface area contributed by atoms with Gasteiger partial charge in [0.05, 0.1) is 7.11 Å². The van der Waals surface area contributed by atoms with Crippen LogP contribution in [0.3, 0.4) is 0 Å². The average Bonchev–Trinajstić information content (AvgIpc) is 3.86. The second-order valence-corrected chi connectivity index (χ2v) is 14.2. The fourth-order valence-corrected chi connectivity index (χ4v) is 7.83. The van der Waals surface area contributed by atoms with E-state index in [1.807, 2.05) is 44.2 Å². The fraction of sp³-hybridized carbons (Fsp3) is 0.419. The van der Waals surface area contributed by atoms with E-state index in [9.17, 15) is 14.4 Å². The number of carbonyl (C=O) groups is 3. The Morgan fingerprint density at radius 3 is 2.34 bits per heavy atom. The third kappa shape index (κ3) is 7.32. The summed E-state index contributed by atoms with van der Waals surface area (Å²) in [6.07, 6.45) is 14.2. The molecule has 3 aromatic rings. The molecule has 10 heteroatoms. The molecule has 1 saturated heterocycles. The van der Waals surface area contributed by atoms with E-state index in [2.05, 4.69) is 41.2 Å². The Hall–Kier alpha value is -4.28. The molecule has 3 aliphatic rings. The summed E-state index contributed by atoms with van der Waals surface area (Å²) in [4.78, 5) is 55.9. The van der Waals surface area contributed by atoms with Crippen molar-refractivity contribution in [3.05, 3.63) is 102 Å². The van der Waals surface area contributed by atoms with Crippen molar-refractivity contribution in [3.63, 3.8) is 0 Å². The van der Waals surface area contributed by atoms with Crippen LogP contribution >= 0.6 is 0 Å². The van der Waals surface area contributed by atoms with E-state index in [0.717, 1.165) is 75.7 Å². The Kier molecular flexibility index (Phi) is 12.3. The van der Waals surface area contributed by atoms with Crippen LogP contribution in [-0.4, -0.2) is 54.5 Å². The Morgan fingerprint density at radius 1 is 0.943 bits per heavy atom. The number of hydrogen-bond acceptors (Lipinski definition) is 5.